The van der Waals surface area contributed by atoms with E-state index in [0.717, 1.165) is 4.90 Å². The van der Waals surface area contributed by atoms with Crippen molar-refractivity contribution in [1.82, 2.24) is 4.90 Å². The summed E-state index contributed by atoms with van der Waals surface area (Å²) in [7, 11) is 1.53. The molecule has 0 radical (unpaired) electrons. The van der Waals surface area contributed by atoms with E-state index in [1.165, 1.54) is 18.9 Å². The monoisotopic (exact) mass is 308 g/mol. The Balaban J connectivity index is 2.00. The zero-order valence-electron chi connectivity index (χ0n) is 11.8. The predicted molar refractivity (Wildman–Crippen MR) is 80.3 cm³/mol. The molecule has 1 aromatic carbocycles. The number of nitrogens with one attached hydrogen (secondary N) is 1. The molecule has 7 heteroatoms. The van der Waals surface area contributed by atoms with Crippen LogP contribution in [0, 0.1) is 0 Å². The lowest BCUT2D eigenvalue weighted by molar-refractivity contribution is -0.145. The smallest absolute Gasteiger partial charge is 0.244 e. The number of anilines is 1. The van der Waals surface area contributed by atoms with Crippen molar-refractivity contribution in [2.45, 2.75) is 12.2 Å². The molecule has 1 unspecified atom stereocenters. The molecule has 112 valence electrons. The minimum atomic E-state index is -0.413. The standard InChI is InChI=1S/C14H16N2O4S/c1-9-14(19)16(13(18)8-21-9)7-12(17)15-10-4-3-5-11(6-10)20-2/h3-6,9H,7-8H2,1-2H3,(H,15,17). The topological polar surface area (TPSA) is 75.7 Å². The van der Waals surface area contributed by atoms with Gasteiger partial charge in [0.25, 0.3) is 0 Å². The van der Waals surface area contributed by atoms with Gasteiger partial charge in [0.1, 0.15) is 12.3 Å². The molecule has 1 aliphatic rings. The summed E-state index contributed by atoms with van der Waals surface area (Å²) in [6.45, 7) is 1.46. The first-order chi connectivity index (χ1) is 10.0. The van der Waals surface area contributed by atoms with Crippen LogP contribution in [-0.2, 0) is 14.4 Å². The lowest BCUT2D eigenvalue weighted by atomic mass is 10.3. The van der Waals surface area contributed by atoms with Gasteiger partial charge in [-0.05, 0) is 19.1 Å². The van der Waals surface area contributed by atoms with Crippen molar-refractivity contribution in [3.63, 3.8) is 0 Å². The number of ether oxygens (including phenoxy) is 1. The molecule has 1 heterocycles. The quantitative estimate of drug-likeness (QED) is 0.844. The molecular weight excluding hydrogens is 292 g/mol. The average Bonchev–Trinajstić information content (AvgIpc) is 2.48. The average molecular weight is 308 g/mol. The second-order valence-electron chi connectivity index (χ2n) is 4.55. The molecular formula is C14H16N2O4S. The van der Waals surface area contributed by atoms with Crippen LogP contribution in [0.4, 0.5) is 5.69 Å². The second-order valence-corrected chi connectivity index (χ2v) is 5.88. The summed E-state index contributed by atoms with van der Waals surface area (Å²) in [4.78, 5) is 36.6. The molecule has 1 fully saturated rings. The molecule has 1 aliphatic heterocycles. The number of hydrogen-bond donors (Lipinski definition) is 1. The number of benzene rings is 1. The Bertz CT molecular complexity index is 576. The van der Waals surface area contributed by atoms with Crippen LogP contribution in [0.25, 0.3) is 0 Å². The molecule has 1 N–H and O–H groups in total. The molecule has 2 rings (SSSR count). The molecule has 0 saturated carbocycles. The van der Waals surface area contributed by atoms with Gasteiger partial charge < -0.3 is 10.1 Å². The Morgan fingerprint density at radius 1 is 1.48 bits per heavy atom. The van der Waals surface area contributed by atoms with Crippen LogP contribution in [0.5, 0.6) is 5.75 Å². The summed E-state index contributed by atoms with van der Waals surface area (Å²) in [6, 6.07) is 6.87. The molecule has 6 nitrogen and oxygen atoms in total. The highest BCUT2D eigenvalue weighted by Gasteiger charge is 2.33. The van der Waals surface area contributed by atoms with Gasteiger partial charge in [0.05, 0.1) is 18.1 Å². The normalized spacial score (nSPS) is 18.6. The van der Waals surface area contributed by atoms with Crippen molar-refractivity contribution in [2.24, 2.45) is 0 Å². The van der Waals surface area contributed by atoms with Gasteiger partial charge in [0.15, 0.2) is 0 Å². The number of carbonyl (C=O) groups is 3. The highest BCUT2D eigenvalue weighted by atomic mass is 32.2. The van der Waals surface area contributed by atoms with Crippen molar-refractivity contribution < 1.29 is 19.1 Å². The van der Waals surface area contributed by atoms with Gasteiger partial charge >= 0.3 is 0 Å². The first-order valence-electron chi connectivity index (χ1n) is 6.41. The van der Waals surface area contributed by atoms with E-state index in [2.05, 4.69) is 5.32 Å². The van der Waals surface area contributed by atoms with Crippen molar-refractivity contribution in [3.8, 4) is 5.75 Å². The van der Waals surface area contributed by atoms with Gasteiger partial charge in [0, 0.05) is 11.8 Å². The van der Waals surface area contributed by atoms with E-state index in [9.17, 15) is 14.4 Å². The Hall–Kier alpha value is -2.02. The van der Waals surface area contributed by atoms with E-state index in [1.807, 2.05) is 0 Å². The number of carbonyl (C=O) groups excluding carboxylic acids is 3. The van der Waals surface area contributed by atoms with Crippen LogP contribution in [0.15, 0.2) is 24.3 Å². The first-order valence-corrected chi connectivity index (χ1v) is 7.46. The molecule has 1 atom stereocenters. The molecule has 0 spiro atoms. The highest BCUT2D eigenvalue weighted by molar-refractivity contribution is 8.01. The van der Waals surface area contributed by atoms with Crippen LogP contribution in [0.1, 0.15) is 6.92 Å². The van der Waals surface area contributed by atoms with Crippen LogP contribution < -0.4 is 10.1 Å². The number of thioether (sulfide) groups is 1. The zero-order chi connectivity index (χ0) is 15.4. The van der Waals surface area contributed by atoms with Crippen molar-refractivity contribution in [2.75, 3.05) is 24.7 Å². The maximum Gasteiger partial charge on any atom is 0.244 e. The molecule has 1 aromatic rings. The number of amides is 3. The van der Waals surface area contributed by atoms with Crippen molar-refractivity contribution >= 4 is 35.2 Å². The SMILES string of the molecule is COc1cccc(NC(=O)CN2C(=O)CSC(C)C2=O)c1. The largest absolute Gasteiger partial charge is 0.497 e. The first kappa shape index (κ1) is 15.4. The fourth-order valence-corrected chi connectivity index (χ4v) is 2.72. The Morgan fingerprint density at radius 2 is 2.24 bits per heavy atom. The third kappa shape index (κ3) is 3.75. The molecule has 0 bridgehead atoms. The van der Waals surface area contributed by atoms with Gasteiger partial charge in [-0.1, -0.05) is 6.07 Å². The summed E-state index contributed by atoms with van der Waals surface area (Å²) in [5.74, 6) is -0.229. The number of nitrogens with zero attached hydrogens (tertiary/aromatic N) is 1. The summed E-state index contributed by atoms with van der Waals surface area (Å²) in [6.07, 6.45) is 0. The zero-order valence-corrected chi connectivity index (χ0v) is 12.6. The van der Waals surface area contributed by atoms with E-state index in [-0.39, 0.29) is 29.4 Å². The van der Waals surface area contributed by atoms with Crippen LogP contribution in [0.2, 0.25) is 0 Å². The van der Waals surface area contributed by atoms with Gasteiger partial charge in [-0.25, -0.2) is 0 Å². The maximum atomic E-state index is 12.0. The minimum Gasteiger partial charge on any atom is -0.497 e. The Morgan fingerprint density at radius 3 is 2.95 bits per heavy atom. The minimum absolute atomic E-state index is 0.222. The van der Waals surface area contributed by atoms with E-state index in [0.29, 0.717) is 11.4 Å². The summed E-state index contributed by atoms with van der Waals surface area (Å²) in [5.41, 5.74) is 0.554. The lowest BCUT2D eigenvalue weighted by Gasteiger charge is -2.27. The van der Waals surface area contributed by atoms with Gasteiger partial charge in [-0.15, -0.1) is 11.8 Å². The molecule has 21 heavy (non-hydrogen) atoms. The third-order valence-corrected chi connectivity index (χ3v) is 4.14. The second kappa shape index (κ2) is 6.62. The van der Waals surface area contributed by atoms with E-state index in [4.69, 9.17) is 4.74 Å². The van der Waals surface area contributed by atoms with Gasteiger partial charge in [0.2, 0.25) is 17.7 Å². The fraction of sp³-hybridized carbons (Fsp3) is 0.357. The number of hydrogen-bond acceptors (Lipinski definition) is 5. The van der Waals surface area contributed by atoms with Crippen LogP contribution >= 0.6 is 11.8 Å². The lowest BCUT2D eigenvalue weighted by Crippen LogP contribution is -2.49. The predicted octanol–water partition coefficient (Wildman–Crippen LogP) is 1.12. The summed E-state index contributed by atoms with van der Waals surface area (Å²) >= 11 is 1.29. The van der Waals surface area contributed by atoms with Gasteiger partial charge in [-0.3, -0.25) is 19.3 Å². The van der Waals surface area contributed by atoms with E-state index >= 15 is 0 Å². The Labute approximate surface area is 126 Å². The fourth-order valence-electron chi connectivity index (χ4n) is 1.90. The molecule has 3 amide bonds. The summed E-state index contributed by atoms with van der Waals surface area (Å²) in [5, 5.41) is 2.35. The maximum absolute atomic E-state index is 12.0. The van der Waals surface area contributed by atoms with E-state index < -0.39 is 5.91 Å². The van der Waals surface area contributed by atoms with Crippen LogP contribution in [0.3, 0.4) is 0 Å². The van der Waals surface area contributed by atoms with Crippen molar-refractivity contribution in [1.29, 1.82) is 0 Å². The number of methoxy groups -OCH3 is 1. The molecule has 0 aliphatic carbocycles. The number of imide groups is 1. The summed E-state index contributed by atoms with van der Waals surface area (Å²) < 4.78 is 5.06. The van der Waals surface area contributed by atoms with Gasteiger partial charge in [-0.2, -0.15) is 0 Å². The molecule has 1 saturated heterocycles. The van der Waals surface area contributed by atoms with Crippen molar-refractivity contribution in [3.05, 3.63) is 24.3 Å². The molecule has 0 aromatic heterocycles. The van der Waals surface area contributed by atoms with Crippen LogP contribution in [-0.4, -0.2) is 47.3 Å². The Kier molecular flexibility index (Phi) is 4.85. The number of rotatable bonds is 4. The highest BCUT2D eigenvalue weighted by Crippen LogP contribution is 2.21. The third-order valence-electron chi connectivity index (χ3n) is 3.03. The van der Waals surface area contributed by atoms with E-state index in [1.54, 1.807) is 31.2 Å².